The first-order chi connectivity index (χ1) is 10.2. The zero-order valence-electron chi connectivity index (χ0n) is 13.6. The fourth-order valence-electron chi connectivity index (χ4n) is 2.81. The van der Waals surface area contributed by atoms with E-state index in [4.69, 9.17) is 10.00 Å². The molecule has 1 aromatic rings. The molecule has 2 rings (SSSR count). The van der Waals surface area contributed by atoms with Crippen LogP contribution >= 0.6 is 12.4 Å². The van der Waals surface area contributed by atoms with Crippen LogP contribution in [0.5, 0.6) is 5.75 Å². The average molecular weight is 323 g/mol. The third-order valence-corrected chi connectivity index (χ3v) is 4.54. The summed E-state index contributed by atoms with van der Waals surface area (Å²) in [5.74, 6) is 2.56. The Morgan fingerprint density at radius 3 is 2.55 bits per heavy atom. The fourth-order valence-corrected chi connectivity index (χ4v) is 2.81. The van der Waals surface area contributed by atoms with Gasteiger partial charge in [0.25, 0.3) is 0 Å². The maximum Gasteiger partial charge on any atom is 0.119 e. The molecule has 0 bridgehead atoms. The Kier molecular flexibility index (Phi) is 8.30. The van der Waals surface area contributed by atoms with Gasteiger partial charge in [0.2, 0.25) is 0 Å². The molecule has 0 aliphatic carbocycles. The van der Waals surface area contributed by atoms with Gasteiger partial charge in [-0.25, -0.2) is 0 Å². The molecule has 1 aliphatic rings. The van der Waals surface area contributed by atoms with Crippen LogP contribution in [-0.2, 0) is 0 Å². The summed E-state index contributed by atoms with van der Waals surface area (Å²) in [5, 5.41) is 8.74. The van der Waals surface area contributed by atoms with Crippen molar-refractivity contribution < 1.29 is 4.74 Å². The SMILES string of the molecule is CC1CCN(CCCCOc2ccc(C#N)cc2)CC1C.Cl. The summed E-state index contributed by atoms with van der Waals surface area (Å²) in [6, 6.07) is 9.44. The van der Waals surface area contributed by atoms with Crippen molar-refractivity contribution in [1.82, 2.24) is 4.90 Å². The maximum atomic E-state index is 8.74. The first-order valence-corrected chi connectivity index (χ1v) is 8.04. The van der Waals surface area contributed by atoms with Gasteiger partial charge >= 0.3 is 0 Å². The minimum atomic E-state index is 0. The van der Waals surface area contributed by atoms with Gasteiger partial charge in [-0.3, -0.25) is 0 Å². The van der Waals surface area contributed by atoms with Crippen LogP contribution < -0.4 is 4.74 Å². The number of nitriles is 1. The maximum absolute atomic E-state index is 8.74. The predicted molar refractivity (Wildman–Crippen MR) is 92.5 cm³/mol. The highest BCUT2D eigenvalue weighted by molar-refractivity contribution is 5.85. The quantitative estimate of drug-likeness (QED) is 0.739. The van der Waals surface area contributed by atoms with Crippen molar-refractivity contribution in [2.24, 2.45) is 11.8 Å². The third kappa shape index (κ3) is 5.87. The van der Waals surface area contributed by atoms with Gasteiger partial charge in [-0.15, -0.1) is 12.4 Å². The average Bonchev–Trinajstić information content (AvgIpc) is 2.51. The van der Waals surface area contributed by atoms with Crippen LogP contribution in [0.15, 0.2) is 24.3 Å². The molecule has 0 saturated carbocycles. The Bertz CT molecular complexity index is 469. The third-order valence-electron chi connectivity index (χ3n) is 4.54. The highest BCUT2D eigenvalue weighted by Crippen LogP contribution is 2.22. The number of benzene rings is 1. The number of hydrogen-bond donors (Lipinski definition) is 0. The molecule has 0 N–H and O–H groups in total. The van der Waals surface area contributed by atoms with Crippen molar-refractivity contribution in [2.45, 2.75) is 33.1 Å². The monoisotopic (exact) mass is 322 g/mol. The van der Waals surface area contributed by atoms with Crippen LogP contribution in [0.25, 0.3) is 0 Å². The Morgan fingerprint density at radius 1 is 1.18 bits per heavy atom. The van der Waals surface area contributed by atoms with E-state index in [1.807, 2.05) is 12.1 Å². The van der Waals surface area contributed by atoms with Crippen LogP contribution in [-0.4, -0.2) is 31.1 Å². The Morgan fingerprint density at radius 2 is 1.91 bits per heavy atom. The van der Waals surface area contributed by atoms with Crippen LogP contribution in [0.4, 0.5) is 0 Å². The molecule has 1 heterocycles. The van der Waals surface area contributed by atoms with E-state index in [-0.39, 0.29) is 12.4 Å². The van der Waals surface area contributed by atoms with Gasteiger partial charge in [0.15, 0.2) is 0 Å². The fraction of sp³-hybridized carbons (Fsp3) is 0.611. The first-order valence-electron chi connectivity index (χ1n) is 8.04. The van der Waals surface area contributed by atoms with Gasteiger partial charge in [-0.2, -0.15) is 5.26 Å². The number of halogens is 1. The summed E-state index contributed by atoms with van der Waals surface area (Å²) >= 11 is 0. The van der Waals surface area contributed by atoms with Crippen molar-refractivity contribution >= 4 is 12.4 Å². The zero-order valence-corrected chi connectivity index (χ0v) is 14.4. The van der Waals surface area contributed by atoms with E-state index in [2.05, 4.69) is 24.8 Å². The van der Waals surface area contributed by atoms with Crippen LogP contribution in [0.1, 0.15) is 38.7 Å². The lowest BCUT2D eigenvalue weighted by Gasteiger charge is -2.35. The van der Waals surface area contributed by atoms with Gasteiger partial charge in [-0.05, 0) is 68.5 Å². The Labute approximate surface area is 140 Å². The molecular formula is C18H27ClN2O. The lowest BCUT2D eigenvalue weighted by atomic mass is 9.88. The summed E-state index contributed by atoms with van der Waals surface area (Å²) in [4.78, 5) is 2.59. The van der Waals surface area contributed by atoms with Crippen molar-refractivity contribution in [2.75, 3.05) is 26.2 Å². The topological polar surface area (TPSA) is 36.3 Å². The second-order valence-electron chi connectivity index (χ2n) is 6.24. The lowest BCUT2D eigenvalue weighted by Crippen LogP contribution is -2.38. The smallest absolute Gasteiger partial charge is 0.119 e. The molecule has 0 spiro atoms. The number of likely N-dealkylation sites (tertiary alicyclic amines) is 1. The molecule has 1 aliphatic heterocycles. The zero-order chi connectivity index (χ0) is 15.1. The second kappa shape index (κ2) is 9.71. The van der Waals surface area contributed by atoms with Gasteiger partial charge in [0.05, 0.1) is 18.2 Å². The van der Waals surface area contributed by atoms with Crippen molar-refractivity contribution in [3.63, 3.8) is 0 Å². The Hall–Kier alpha value is -1.24. The van der Waals surface area contributed by atoms with Crippen molar-refractivity contribution in [1.29, 1.82) is 5.26 Å². The minimum Gasteiger partial charge on any atom is -0.494 e. The van der Waals surface area contributed by atoms with E-state index in [0.717, 1.165) is 30.6 Å². The van der Waals surface area contributed by atoms with Crippen LogP contribution in [0.2, 0.25) is 0 Å². The normalized spacial score (nSPS) is 21.7. The molecular weight excluding hydrogens is 296 g/mol. The van der Waals surface area contributed by atoms with E-state index in [0.29, 0.717) is 5.56 Å². The minimum absolute atomic E-state index is 0. The van der Waals surface area contributed by atoms with E-state index in [9.17, 15) is 0 Å². The number of hydrogen-bond acceptors (Lipinski definition) is 3. The highest BCUT2D eigenvalue weighted by Gasteiger charge is 2.21. The van der Waals surface area contributed by atoms with Gasteiger partial charge in [0, 0.05) is 6.54 Å². The molecule has 1 fully saturated rings. The van der Waals surface area contributed by atoms with Gasteiger partial charge in [-0.1, -0.05) is 13.8 Å². The summed E-state index contributed by atoms with van der Waals surface area (Å²) < 4.78 is 5.71. The summed E-state index contributed by atoms with van der Waals surface area (Å²) in [6.45, 7) is 9.18. The van der Waals surface area contributed by atoms with E-state index in [1.165, 1.54) is 32.5 Å². The number of unbranched alkanes of at least 4 members (excludes halogenated alkanes) is 1. The molecule has 22 heavy (non-hydrogen) atoms. The number of rotatable bonds is 6. The van der Waals surface area contributed by atoms with Crippen LogP contribution in [0.3, 0.4) is 0 Å². The van der Waals surface area contributed by atoms with E-state index < -0.39 is 0 Å². The summed E-state index contributed by atoms with van der Waals surface area (Å²) in [6.07, 6.45) is 3.61. The molecule has 0 radical (unpaired) electrons. The molecule has 4 heteroatoms. The Balaban J connectivity index is 0.00000242. The largest absolute Gasteiger partial charge is 0.494 e. The van der Waals surface area contributed by atoms with Crippen LogP contribution in [0, 0.1) is 23.2 Å². The van der Waals surface area contributed by atoms with Crippen molar-refractivity contribution in [3.8, 4) is 11.8 Å². The molecule has 2 unspecified atom stereocenters. The first kappa shape index (κ1) is 18.8. The second-order valence-corrected chi connectivity index (χ2v) is 6.24. The van der Waals surface area contributed by atoms with E-state index >= 15 is 0 Å². The molecule has 1 aromatic carbocycles. The predicted octanol–water partition coefficient (Wildman–Crippen LogP) is 4.12. The molecule has 3 nitrogen and oxygen atoms in total. The van der Waals surface area contributed by atoms with Gasteiger partial charge in [0.1, 0.15) is 5.75 Å². The molecule has 0 amide bonds. The summed E-state index contributed by atoms with van der Waals surface area (Å²) in [7, 11) is 0. The standard InChI is InChI=1S/C18H26N2O.ClH/c1-15-9-11-20(14-16(15)2)10-3-4-12-21-18-7-5-17(13-19)6-8-18;/h5-8,15-16H,3-4,9-12,14H2,1-2H3;1H. The molecule has 2 atom stereocenters. The number of piperidine rings is 1. The highest BCUT2D eigenvalue weighted by atomic mass is 35.5. The lowest BCUT2D eigenvalue weighted by molar-refractivity contribution is 0.134. The molecule has 122 valence electrons. The summed E-state index contributed by atoms with van der Waals surface area (Å²) in [5.41, 5.74) is 0.677. The van der Waals surface area contributed by atoms with Gasteiger partial charge < -0.3 is 9.64 Å². The molecule has 1 saturated heterocycles. The number of nitrogens with zero attached hydrogens (tertiary/aromatic N) is 2. The molecule has 0 aromatic heterocycles. The number of ether oxygens (including phenoxy) is 1. The van der Waals surface area contributed by atoms with Crippen molar-refractivity contribution in [3.05, 3.63) is 29.8 Å². The van der Waals surface area contributed by atoms with E-state index in [1.54, 1.807) is 12.1 Å².